The van der Waals surface area contributed by atoms with Crippen LogP contribution in [0.4, 0.5) is 5.69 Å². The fourth-order valence-electron chi connectivity index (χ4n) is 2.97. The zero-order valence-electron chi connectivity index (χ0n) is 12.3. The highest BCUT2D eigenvalue weighted by Crippen LogP contribution is 2.20. The molecule has 2 heterocycles. The lowest BCUT2D eigenvalue weighted by Crippen LogP contribution is -2.49. The summed E-state index contributed by atoms with van der Waals surface area (Å²) in [6.07, 6.45) is 0. The van der Waals surface area contributed by atoms with Gasteiger partial charge in [0.2, 0.25) is 0 Å². The topological polar surface area (TPSA) is 33.8 Å². The summed E-state index contributed by atoms with van der Waals surface area (Å²) in [4.78, 5) is 5.08. The number of hydrazine groups is 2. The molecule has 2 fully saturated rings. The Labute approximate surface area is 121 Å². The second kappa shape index (κ2) is 6.54. The van der Waals surface area contributed by atoms with E-state index in [1.165, 1.54) is 11.3 Å². The second-order valence-corrected chi connectivity index (χ2v) is 5.64. The molecule has 2 aliphatic heterocycles. The highest BCUT2D eigenvalue weighted by atomic mass is 15.7. The average Bonchev–Trinajstić information content (AvgIpc) is 3.00. The van der Waals surface area contributed by atoms with E-state index >= 15 is 0 Å². The number of anilines is 1. The van der Waals surface area contributed by atoms with Crippen LogP contribution in [0, 0.1) is 6.92 Å². The third-order valence-electron chi connectivity index (χ3n) is 4.26. The summed E-state index contributed by atoms with van der Waals surface area (Å²) in [5.74, 6) is 0. The lowest BCUT2D eigenvalue weighted by Gasteiger charge is -2.37. The summed E-state index contributed by atoms with van der Waals surface area (Å²) in [6, 6.07) is 8.70. The van der Waals surface area contributed by atoms with Crippen LogP contribution in [0.15, 0.2) is 24.3 Å². The molecule has 0 radical (unpaired) electrons. The Balaban J connectivity index is 1.46. The average molecular weight is 275 g/mol. The van der Waals surface area contributed by atoms with Crippen molar-refractivity contribution in [1.82, 2.24) is 20.9 Å². The molecule has 5 nitrogen and oxygen atoms in total. The van der Waals surface area contributed by atoms with Crippen molar-refractivity contribution in [3.05, 3.63) is 29.8 Å². The van der Waals surface area contributed by atoms with E-state index in [-0.39, 0.29) is 0 Å². The molecular formula is C15H25N5. The van der Waals surface area contributed by atoms with Gasteiger partial charge >= 0.3 is 0 Å². The summed E-state index contributed by atoms with van der Waals surface area (Å²) in [5, 5.41) is 2.26. The molecule has 3 rings (SSSR count). The standard InChI is InChI=1S/C15H25N5/c1-14-4-2-3-5-15(14)19-11-8-18(9-12-19)10-13-20-7-6-16-17-20/h2-5,16-17H,6-13H2,1H3. The van der Waals surface area contributed by atoms with E-state index < -0.39 is 0 Å². The Kier molecular flexibility index (Phi) is 4.52. The van der Waals surface area contributed by atoms with Crippen molar-refractivity contribution in [1.29, 1.82) is 0 Å². The highest BCUT2D eigenvalue weighted by molar-refractivity contribution is 5.53. The fourth-order valence-corrected chi connectivity index (χ4v) is 2.97. The molecule has 5 heteroatoms. The van der Waals surface area contributed by atoms with Gasteiger partial charge in [-0.25, -0.2) is 10.4 Å². The summed E-state index contributed by atoms with van der Waals surface area (Å²) in [6.45, 7) is 11.2. The number of hydrogen-bond donors (Lipinski definition) is 2. The fraction of sp³-hybridized carbons (Fsp3) is 0.600. The minimum absolute atomic E-state index is 1.04. The van der Waals surface area contributed by atoms with E-state index in [2.05, 4.69) is 57.0 Å². The zero-order valence-corrected chi connectivity index (χ0v) is 12.3. The van der Waals surface area contributed by atoms with Crippen molar-refractivity contribution in [3.8, 4) is 0 Å². The molecule has 2 aliphatic rings. The van der Waals surface area contributed by atoms with E-state index in [1.54, 1.807) is 0 Å². The number of benzene rings is 1. The van der Waals surface area contributed by atoms with Gasteiger partial charge in [0.1, 0.15) is 0 Å². The number of para-hydroxylation sites is 1. The molecule has 1 aromatic carbocycles. The summed E-state index contributed by atoms with van der Waals surface area (Å²) in [5.41, 5.74) is 9.11. The first-order valence-electron chi connectivity index (χ1n) is 7.59. The molecule has 0 bridgehead atoms. The molecule has 110 valence electrons. The maximum Gasteiger partial charge on any atom is 0.0396 e. The van der Waals surface area contributed by atoms with Crippen LogP contribution < -0.4 is 15.9 Å². The molecule has 2 N–H and O–H groups in total. The Bertz CT molecular complexity index is 422. The monoisotopic (exact) mass is 275 g/mol. The van der Waals surface area contributed by atoms with Crippen LogP contribution >= 0.6 is 0 Å². The lowest BCUT2D eigenvalue weighted by molar-refractivity contribution is 0.176. The van der Waals surface area contributed by atoms with Gasteiger partial charge in [-0.15, -0.1) is 0 Å². The highest BCUT2D eigenvalue weighted by Gasteiger charge is 2.19. The third-order valence-corrected chi connectivity index (χ3v) is 4.26. The SMILES string of the molecule is Cc1ccccc1N1CCN(CCN2CCNN2)CC1. The molecule has 0 aliphatic carbocycles. The van der Waals surface area contributed by atoms with Gasteiger partial charge in [0, 0.05) is 58.0 Å². The molecule has 0 amide bonds. The summed E-state index contributed by atoms with van der Waals surface area (Å²) < 4.78 is 0. The van der Waals surface area contributed by atoms with E-state index in [9.17, 15) is 0 Å². The van der Waals surface area contributed by atoms with Crippen molar-refractivity contribution in [2.45, 2.75) is 6.92 Å². The Morgan fingerprint density at radius 2 is 1.80 bits per heavy atom. The number of rotatable bonds is 4. The van der Waals surface area contributed by atoms with Crippen LogP contribution in [0.3, 0.4) is 0 Å². The van der Waals surface area contributed by atoms with Crippen LogP contribution in [0.5, 0.6) is 0 Å². The summed E-state index contributed by atoms with van der Waals surface area (Å²) >= 11 is 0. The van der Waals surface area contributed by atoms with Crippen LogP contribution in [-0.2, 0) is 0 Å². The Hall–Kier alpha value is -1.14. The zero-order chi connectivity index (χ0) is 13.8. The Morgan fingerprint density at radius 3 is 2.50 bits per heavy atom. The maximum atomic E-state index is 3.18. The normalized spacial score (nSPS) is 21.6. The maximum absolute atomic E-state index is 3.18. The Morgan fingerprint density at radius 1 is 1.00 bits per heavy atom. The quantitative estimate of drug-likeness (QED) is 0.833. The smallest absolute Gasteiger partial charge is 0.0396 e. The number of nitrogens with one attached hydrogen (secondary N) is 2. The molecule has 0 unspecified atom stereocenters. The van der Waals surface area contributed by atoms with Gasteiger partial charge in [-0.05, 0) is 18.6 Å². The largest absolute Gasteiger partial charge is 0.369 e. The first-order chi connectivity index (χ1) is 9.83. The molecule has 0 saturated carbocycles. The molecule has 20 heavy (non-hydrogen) atoms. The van der Waals surface area contributed by atoms with Gasteiger partial charge in [-0.2, -0.15) is 5.53 Å². The summed E-state index contributed by atoms with van der Waals surface area (Å²) in [7, 11) is 0. The molecular weight excluding hydrogens is 250 g/mol. The van der Waals surface area contributed by atoms with E-state index in [0.717, 1.165) is 52.4 Å². The minimum atomic E-state index is 1.04. The van der Waals surface area contributed by atoms with E-state index in [4.69, 9.17) is 0 Å². The van der Waals surface area contributed by atoms with Gasteiger partial charge in [-0.1, -0.05) is 18.2 Å². The second-order valence-electron chi connectivity index (χ2n) is 5.64. The number of aryl methyl sites for hydroxylation is 1. The van der Waals surface area contributed by atoms with Crippen molar-refractivity contribution < 1.29 is 0 Å². The van der Waals surface area contributed by atoms with Crippen LogP contribution in [0.1, 0.15) is 5.56 Å². The van der Waals surface area contributed by atoms with Crippen LogP contribution in [0.2, 0.25) is 0 Å². The van der Waals surface area contributed by atoms with Gasteiger partial charge in [0.15, 0.2) is 0 Å². The van der Waals surface area contributed by atoms with Crippen molar-refractivity contribution >= 4 is 5.69 Å². The van der Waals surface area contributed by atoms with Crippen molar-refractivity contribution in [2.75, 3.05) is 57.3 Å². The number of piperazine rings is 1. The van der Waals surface area contributed by atoms with Crippen LogP contribution in [0.25, 0.3) is 0 Å². The molecule has 2 saturated heterocycles. The third kappa shape index (κ3) is 3.30. The van der Waals surface area contributed by atoms with Gasteiger partial charge in [0.25, 0.3) is 0 Å². The lowest BCUT2D eigenvalue weighted by atomic mass is 10.1. The first-order valence-corrected chi connectivity index (χ1v) is 7.59. The molecule has 0 spiro atoms. The first kappa shape index (κ1) is 13.8. The number of hydrogen-bond acceptors (Lipinski definition) is 5. The molecule has 0 aromatic heterocycles. The van der Waals surface area contributed by atoms with Gasteiger partial charge in [0.05, 0.1) is 0 Å². The number of nitrogens with zero attached hydrogens (tertiary/aromatic N) is 3. The predicted octanol–water partition coefficient (Wildman–Crippen LogP) is 0.442. The van der Waals surface area contributed by atoms with Gasteiger partial charge < -0.3 is 4.90 Å². The van der Waals surface area contributed by atoms with Crippen molar-refractivity contribution in [3.63, 3.8) is 0 Å². The van der Waals surface area contributed by atoms with Crippen LogP contribution in [-0.4, -0.2) is 62.3 Å². The minimum Gasteiger partial charge on any atom is -0.369 e. The molecule has 1 aromatic rings. The van der Waals surface area contributed by atoms with Gasteiger partial charge in [-0.3, -0.25) is 4.90 Å². The van der Waals surface area contributed by atoms with E-state index in [1.807, 2.05) is 0 Å². The molecule has 0 atom stereocenters. The predicted molar refractivity (Wildman–Crippen MR) is 82.5 cm³/mol. The van der Waals surface area contributed by atoms with E-state index in [0.29, 0.717) is 0 Å². The van der Waals surface area contributed by atoms with Crippen molar-refractivity contribution in [2.24, 2.45) is 0 Å².